The van der Waals surface area contributed by atoms with Crippen LogP contribution < -0.4 is 5.32 Å². The molecular formula is C26H34ClNO4. The highest BCUT2D eigenvalue weighted by atomic mass is 35.5. The van der Waals surface area contributed by atoms with E-state index in [0.717, 1.165) is 42.6 Å². The van der Waals surface area contributed by atoms with Crippen molar-refractivity contribution in [2.24, 2.45) is 11.3 Å². The van der Waals surface area contributed by atoms with Gasteiger partial charge in [0.2, 0.25) is 0 Å². The van der Waals surface area contributed by atoms with Gasteiger partial charge in [0, 0.05) is 11.6 Å². The summed E-state index contributed by atoms with van der Waals surface area (Å²) in [6.07, 6.45) is 4.08. The van der Waals surface area contributed by atoms with Gasteiger partial charge in [-0.3, -0.25) is 9.59 Å². The van der Waals surface area contributed by atoms with Crippen LogP contribution in [0.5, 0.6) is 0 Å². The number of nitrogens with one attached hydrogen (secondary N) is 1. The largest absolute Gasteiger partial charge is 0.427 e. The topological polar surface area (TPSA) is 64.6 Å². The van der Waals surface area contributed by atoms with Crippen LogP contribution in [-0.2, 0) is 19.1 Å². The van der Waals surface area contributed by atoms with Crippen LogP contribution >= 0.6 is 11.6 Å². The molecule has 2 fully saturated rings. The van der Waals surface area contributed by atoms with E-state index >= 15 is 0 Å². The Labute approximate surface area is 195 Å². The number of halogens is 1. The number of carbonyl (C=O) groups excluding carboxylic acids is 2. The van der Waals surface area contributed by atoms with Gasteiger partial charge < -0.3 is 14.8 Å². The number of ether oxygens (including phenoxy) is 2. The lowest BCUT2D eigenvalue weighted by Crippen LogP contribution is -2.52. The first kappa shape index (κ1) is 23.3. The Balaban J connectivity index is 1.80. The van der Waals surface area contributed by atoms with E-state index in [1.165, 1.54) is 0 Å². The van der Waals surface area contributed by atoms with Gasteiger partial charge in [-0.25, -0.2) is 0 Å². The van der Waals surface area contributed by atoms with Crippen molar-refractivity contribution in [2.45, 2.75) is 84.8 Å². The average molecular weight is 460 g/mol. The molecule has 4 rings (SSSR count). The van der Waals surface area contributed by atoms with E-state index in [1.807, 2.05) is 46.8 Å². The quantitative estimate of drug-likeness (QED) is 0.593. The zero-order valence-electron chi connectivity index (χ0n) is 20.0. The van der Waals surface area contributed by atoms with Crippen molar-refractivity contribution in [1.29, 1.82) is 0 Å². The molecule has 1 aromatic carbocycles. The van der Waals surface area contributed by atoms with Crippen LogP contribution in [0.25, 0.3) is 5.57 Å². The third-order valence-electron chi connectivity index (χ3n) is 7.21. The molecule has 5 nitrogen and oxygen atoms in total. The van der Waals surface area contributed by atoms with Gasteiger partial charge in [-0.15, -0.1) is 0 Å². The predicted octanol–water partition coefficient (Wildman–Crippen LogP) is 5.50. The van der Waals surface area contributed by atoms with Crippen LogP contribution in [0.2, 0.25) is 5.02 Å². The van der Waals surface area contributed by atoms with Gasteiger partial charge in [0.05, 0.1) is 22.1 Å². The summed E-state index contributed by atoms with van der Waals surface area (Å²) in [5.41, 5.74) is 1.55. The molecule has 32 heavy (non-hydrogen) atoms. The summed E-state index contributed by atoms with van der Waals surface area (Å²) < 4.78 is 12.3. The van der Waals surface area contributed by atoms with E-state index in [9.17, 15) is 9.59 Å². The summed E-state index contributed by atoms with van der Waals surface area (Å²) in [5.74, 6) is 0.491. The van der Waals surface area contributed by atoms with Crippen molar-refractivity contribution in [2.75, 3.05) is 6.61 Å². The van der Waals surface area contributed by atoms with Gasteiger partial charge in [0.15, 0.2) is 0 Å². The van der Waals surface area contributed by atoms with Crippen molar-refractivity contribution in [3.05, 3.63) is 39.6 Å². The molecule has 1 N–H and O–H groups in total. The van der Waals surface area contributed by atoms with Crippen LogP contribution in [0.4, 0.5) is 0 Å². The fraction of sp³-hybridized carbons (Fsp3) is 0.615. The maximum Gasteiger partial charge on any atom is 0.316 e. The number of amides is 1. The fourth-order valence-corrected chi connectivity index (χ4v) is 5.84. The zero-order chi connectivity index (χ0) is 23.5. The van der Waals surface area contributed by atoms with E-state index in [2.05, 4.69) is 12.2 Å². The van der Waals surface area contributed by atoms with Crippen LogP contribution in [-0.4, -0.2) is 29.6 Å². The first-order valence-corrected chi connectivity index (χ1v) is 11.9. The van der Waals surface area contributed by atoms with Crippen LogP contribution in [0, 0.1) is 25.2 Å². The predicted molar refractivity (Wildman–Crippen MR) is 125 cm³/mol. The molecule has 6 heteroatoms. The second kappa shape index (κ2) is 7.88. The minimum atomic E-state index is -0.688. The van der Waals surface area contributed by atoms with E-state index in [-0.39, 0.29) is 17.5 Å². The lowest BCUT2D eigenvalue weighted by Gasteiger charge is -2.43. The number of carbonyl (C=O) groups is 2. The number of aryl methyl sites for hydroxylation is 2. The molecule has 1 atom stereocenters. The highest BCUT2D eigenvalue weighted by Gasteiger charge is 2.55. The minimum absolute atomic E-state index is 0.122. The lowest BCUT2D eigenvalue weighted by molar-refractivity contribution is -0.150. The molecule has 1 aromatic rings. The Morgan fingerprint density at radius 1 is 1.16 bits per heavy atom. The van der Waals surface area contributed by atoms with Crippen molar-refractivity contribution >= 4 is 29.1 Å². The van der Waals surface area contributed by atoms with Crippen LogP contribution in [0.3, 0.4) is 0 Å². The summed E-state index contributed by atoms with van der Waals surface area (Å²) in [6, 6.07) is 3.70. The fourth-order valence-electron chi connectivity index (χ4n) is 5.51. The molecule has 1 saturated heterocycles. The molecular weight excluding hydrogens is 426 g/mol. The second-order valence-electron chi connectivity index (χ2n) is 11.1. The molecule has 2 spiro atoms. The molecule has 1 aliphatic carbocycles. The molecule has 0 bridgehead atoms. The van der Waals surface area contributed by atoms with E-state index in [4.69, 9.17) is 21.1 Å². The molecule has 0 aromatic heterocycles. The van der Waals surface area contributed by atoms with Gasteiger partial charge in [-0.2, -0.15) is 0 Å². The normalized spacial score (nSPS) is 30.3. The Hall–Kier alpha value is -1.85. The lowest BCUT2D eigenvalue weighted by atomic mass is 9.71. The van der Waals surface area contributed by atoms with E-state index < -0.39 is 11.0 Å². The number of esters is 1. The minimum Gasteiger partial charge on any atom is -0.427 e. The molecule has 174 valence electrons. The third-order valence-corrected chi connectivity index (χ3v) is 7.42. The first-order chi connectivity index (χ1) is 14.9. The Kier molecular flexibility index (Phi) is 5.74. The Bertz CT molecular complexity index is 973. The number of rotatable bonds is 2. The number of hydrogen-bond donors (Lipinski definition) is 1. The Morgan fingerprint density at radius 2 is 1.75 bits per heavy atom. The standard InChI is InChI=1S/C26H34ClNO4/c1-15-13-25(31-14-15)7-9-26(10-8-25)21(32-23(30)24(4,5)6)20(22(29)28-26)19-16(2)11-18(27)12-17(19)3/h11-12,15H,7-10,13-14H2,1-6H3,(H,28,29). The third kappa shape index (κ3) is 3.99. The molecule has 1 unspecified atom stereocenters. The number of hydrogen-bond acceptors (Lipinski definition) is 4. The summed E-state index contributed by atoms with van der Waals surface area (Å²) in [4.78, 5) is 26.4. The zero-order valence-corrected chi connectivity index (χ0v) is 20.7. The average Bonchev–Trinajstić information content (AvgIpc) is 3.16. The first-order valence-electron chi connectivity index (χ1n) is 11.6. The van der Waals surface area contributed by atoms with Crippen molar-refractivity contribution < 1.29 is 19.1 Å². The van der Waals surface area contributed by atoms with Crippen molar-refractivity contribution in [1.82, 2.24) is 5.32 Å². The van der Waals surface area contributed by atoms with Gasteiger partial charge in [-0.05, 0) is 101 Å². The Morgan fingerprint density at radius 3 is 2.25 bits per heavy atom. The maximum absolute atomic E-state index is 13.4. The SMILES string of the molecule is Cc1cc(Cl)cc(C)c1C1=C(OC(=O)C(C)(C)C)C2(CCC3(CC2)CC(C)CO3)NC1=O. The summed E-state index contributed by atoms with van der Waals surface area (Å²) in [6.45, 7) is 12.4. The molecule has 0 radical (unpaired) electrons. The van der Waals surface area contributed by atoms with Gasteiger partial charge in [0.1, 0.15) is 5.76 Å². The molecule has 2 aliphatic heterocycles. The summed E-state index contributed by atoms with van der Waals surface area (Å²) in [5, 5.41) is 3.86. The summed E-state index contributed by atoms with van der Waals surface area (Å²) in [7, 11) is 0. The van der Waals surface area contributed by atoms with Crippen molar-refractivity contribution in [3.8, 4) is 0 Å². The summed E-state index contributed by atoms with van der Waals surface area (Å²) >= 11 is 6.25. The molecule has 3 aliphatic rings. The highest BCUT2D eigenvalue weighted by Crippen LogP contribution is 2.51. The monoisotopic (exact) mass is 459 g/mol. The van der Waals surface area contributed by atoms with Crippen molar-refractivity contribution in [3.63, 3.8) is 0 Å². The molecule has 2 heterocycles. The maximum atomic E-state index is 13.4. The smallest absolute Gasteiger partial charge is 0.316 e. The number of benzene rings is 1. The van der Waals surface area contributed by atoms with Gasteiger partial charge in [-0.1, -0.05) is 18.5 Å². The van der Waals surface area contributed by atoms with Gasteiger partial charge in [0.25, 0.3) is 5.91 Å². The van der Waals surface area contributed by atoms with E-state index in [1.54, 1.807) is 0 Å². The second-order valence-corrected chi connectivity index (χ2v) is 11.5. The van der Waals surface area contributed by atoms with Crippen LogP contribution in [0.15, 0.2) is 17.9 Å². The highest BCUT2D eigenvalue weighted by molar-refractivity contribution is 6.31. The van der Waals surface area contributed by atoms with Crippen LogP contribution in [0.1, 0.15) is 76.5 Å². The molecule has 1 saturated carbocycles. The van der Waals surface area contributed by atoms with E-state index in [0.29, 0.717) is 35.1 Å². The molecule has 1 amide bonds. The van der Waals surface area contributed by atoms with Gasteiger partial charge >= 0.3 is 5.97 Å².